The molecule has 0 aromatic carbocycles. The van der Waals surface area contributed by atoms with Crippen LogP contribution in [0.15, 0.2) is 0 Å². The Morgan fingerprint density at radius 1 is 1.47 bits per heavy atom. The highest BCUT2D eigenvalue weighted by Crippen LogP contribution is 2.31. The molecular weight excluding hydrogens is 188 g/mol. The second-order valence-corrected chi connectivity index (χ2v) is 5.58. The third-order valence-electron chi connectivity index (χ3n) is 3.34. The molecule has 1 unspecified atom stereocenters. The second-order valence-electron chi connectivity index (χ2n) is 5.58. The van der Waals surface area contributed by atoms with Gasteiger partial charge in [0, 0.05) is 12.6 Å². The summed E-state index contributed by atoms with van der Waals surface area (Å²) in [7, 11) is 1.88. The summed E-state index contributed by atoms with van der Waals surface area (Å²) in [6.07, 6.45) is 2.03. The van der Waals surface area contributed by atoms with E-state index in [1.54, 1.807) is 0 Å². The van der Waals surface area contributed by atoms with Crippen molar-refractivity contribution in [1.82, 2.24) is 10.2 Å². The molecule has 0 spiro atoms. The molecule has 1 fully saturated rings. The molecule has 1 atom stereocenters. The maximum Gasteiger partial charge on any atom is 0.239 e. The van der Waals surface area contributed by atoms with Crippen LogP contribution in [0.25, 0.3) is 0 Å². The molecule has 0 aromatic heterocycles. The van der Waals surface area contributed by atoms with Crippen LogP contribution in [0, 0.1) is 5.41 Å². The standard InChI is InChI=1S/C12H24N2O/c1-9(2)14-7-6-12(3,4)8-10(13-5)11(14)15/h9-10,13H,6-8H2,1-5H3. The Labute approximate surface area is 93.2 Å². The van der Waals surface area contributed by atoms with E-state index in [4.69, 9.17) is 0 Å². The highest BCUT2D eigenvalue weighted by Gasteiger charge is 2.34. The lowest BCUT2D eigenvalue weighted by Crippen LogP contribution is -2.47. The SMILES string of the molecule is CNC1CC(C)(C)CCN(C(C)C)C1=O. The van der Waals surface area contributed by atoms with E-state index in [-0.39, 0.29) is 17.4 Å². The fraction of sp³-hybridized carbons (Fsp3) is 0.917. The molecule has 0 aliphatic carbocycles. The fourth-order valence-corrected chi connectivity index (χ4v) is 2.21. The van der Waals surface area contributed by atoms with E-state index in [2.05, 4.69) is 33.0 Å². The molecule has 0 aromatic rings. The van der Waals surface area contributed by atoms with E-state index in [1.165, 1.54) is 0 Å². The zero-order valence-corrected chi connectivity index (χ0v) is 10.6. The summed E-state index contributed by atoms with van der Waals surface area (Å²) in [5.41, 5.74) is 0.257. The number of carbonyl (C=O) groups is 1. The fourth-order valence-electron chi connectivity index (χ4n) is 2.21. The average molecular weight is 212 g/mol. The number of nitrogens with one attached hydrogen (secondary N) is 1. The lowest BCUT2D eigenvalue weighted by Gasteiger charge is -2.27. The van der Waals surface area contributed by atoms with Gasteiger partial charge in [0.25, 0.3) is 0 Å². The first-order chi connectivity index (χ1) is 6.87. The highest BCUT2D eigenvalue weighted by molar-refractivity contribution is 5.82. The highest BCUT2D eigenvalue weighted by atomic mass is 16.2. The summed E-state index contributed by atoms with van der Waals surface area (Å²) < 4.78 is 0. The minimum Gasteiger partial charge on any atom is -0.339 e. The molecule has 1 aliphatic rings. The van der Waals surface area contributed by atoms with Crippen LogP contribution in [-0.4, -0.2) is 36.5 Å². The summed E-state index contributed by atoms with van der Waals surface area (Å²) in [6.45, 7) is 9.55. The maximum absolute atomic E-state index is 12.2. The van der Waals surface area contributed by atoms with Crippen LogP contribution in [0.2, 0.25) is 0 Å². The minimum atomic E-state index is -0.00935. The molecule has 1 amide bonds. The molecule has 3 heteroatoms. The van der Waals surface area contributed by atoms with Crippen molar-refractivity contribution in [2.75, 3.05) is 13.6 Å². The van der Waals surface area contributed by atoms with E-state index in [0.29, 0.717) is 6.04 Å². The number of hydrogen-bond donors (Lipinski definition) is 1. The van der Waals surface area contributed by atoms with Crippen molar-refractivity contribution in [2.24, 2.45) is 5.41 Å². The molecule has 1 heterocycles. The Morgan fingerprint density at radius 3 is 2.53 bits per heavy atom. The number of rotatable bonds is 2. The van der Waals surface area contributed by atoms with Crippen LogP contribution in [0.1, 0.15) is 40.5 Å². The summed E-state index contributed by atoms with van der Waals surface area (Å²) in [4.78, 5) is 14.2. The van der Waals surface area contributed by atoms with Gasteiger partial charge in [-0.05, 0) is 39.2 Å². The first-order valence-electron chi connectivity index (χ1n) is 5.85. The van der Waals surface area contributed by atoms with Crippen molar-refractivity contribution < 1.29 is 4.79 Å². The van der Waals surface area contributed by atoms with Crippen LogP contribution < -0.4 is 5.32 Å². The van der Waals surface area contributed by atoms with E-state index in [1.807, 2.05) is 11.9 Å². The quantitative estimate of drug-likeness (QED) is 0.754. The van der Waals surface area contributed by atoms with Gasteiger partial charge in [-0.2, -0.15) is 0 Å². The van der Waals surface area contributed by atoms with Gasteiger partial charge in [0.15, 0.2) is 0 Å². The molecule has 15 heavy (non-hydrogen) atoms. The summed E-state index contributed by atoms with van der Waals surface area (Å²) in [5, 5.41) is 3.14. The zero-order chi connectivity index (χ0) is 11.6. The van der Waals surface area contributed by atoms with Gasteiger partial charge < -0.3 is 10.2 Å². The summed E-state index contributed by atoms with van der Waals surface area (Å²) >= 11 is 0. The predicted molar refractivity (Wildman–Crippen MR) is 62.7 cm³/mol. The zero-order valence-electron chi connectivity index (χ0n) is 10.6. The van der Waals surface area contributed by atoms with E-state index in [0.717, 1.165) is 19.4 Å². The molecule has 0 saturated carbocycles. The molecule has 1 rings (SSSR count). The van der Waals surface area contributed by atoms with Crippen molar-refractivity contribution in [3.8, 4) is 0 Å². The Hall–Kier alpha value is -0.570. The van der Waals surface area contributed by atoms with Crippen LogP contribution in [0.3, 0.4) is 0 Å². The summed E-state index contributed by atoms with van der Waals surface area (Å²) in [6, 6.07) is 0.298. The predicted octanol–water partition coefficient (Wildman–Crippen LogP) is 1.63. The van der Waals surface area contributed by atoms with Crippen molar-refractivity contribution >= 4 is 5.91 Å². The molecule has 1 saturated heterocycles. The Kier molecular flexibility index (Phi) is 3.77. The number of likely N-dealkylation sites (tertiary alicyclic amines) is 1. The van der Waals surface area contributed by atoms with Crippen LogP contribution in [0.4, 0.5) is 0 Å². The molecule has 1 aliphatic heterocycles. The van der Waals surface area contributed by atoms with Gasteiger partial charge in [0.1, 0.15) is 0 Å². The van der Waals surface area contributed by atoms with Gasteiger partial charge in [-0.25, -0.2) is 0 Å². The number of hydrogen-bond acceptors (Lipinski definition) is 2. The second kappa shape index (κ2) is 4.52. The molecule has 1 N–H and O–H groups in total. The number of likely N-dealkylation sites (N-methyl/N-ethyl adjacent to an activating group) is 1. The van der Waals surface area contributed by atoms with Crippen LogP contribution >= 0.6 is 0 Å². The third kappa shape index (κ3) is 2.94. The molecule has 3 nitrogen and oxygen atoms in total. The lowest BCUT2D eigenvalue weighted by atomic mass is 9.83. The number of nitrogens with zero attached hydrogens (tertiary/aromatic N) is 1. The first kappa shape index (κ1) is 12.5. The number of amides is 1. The number of carbonyl (C=O) groups excluding carboxylic acids is 1. The first-order valence-corrected chi connectivity index (χ1v) is 5.85. The van der Waals surface area contributed by atoms with E-state index >= 15 is 0 Å². The largest absolute Gasteiger partial charge is 0.339 e. The molecular formula is C12H24N2O. The van der Waals surface area contributed by atoms with Gasteiger partial charge in [-0.1, -0.05) is 13.8 Å². The van der Waals surface area contributed by atoms with E-state index in [9.17, 15) is 4.79 Å². The van der Waals surface area contributed by atoms with Gasteiger partial charge in [0.05, 0.1) is 6.04 Å². The van der Waals surface area contributed by atoms with Crippen molar-refractivity contribution in [1.29, 1.82) is 0 Å². The van der Waals surface area contributed by atoms with Crippen molar-refractivity contribution in [2.45, 2.75) is 52.6 Å². The average Bonchev–Trinajstić information content (AvgIpc) is 2.23. The minimum absolute atomic E-state index is 0.00935. The lowest BCUT2D eigenvalue weighted by molar-refractivity contribution is -0.134. The van der Waals surface area contributed by atoms with Crippen molar-refractivity contribution in [3.63, 3.8) is 0 Å². The molecule has 0 radical (unpaired) electrons. The Balaban J connectivity index is 2.85. The molecule has 88 valence electrons. The van der Waals surface area contributed by atoms with Crippen molar-refractivity contribution in [3.05, 3.63) is 0 Å². The maximum atomic E-state index is 12.2. The van der Waals surface area contributed by atoms with Crippen LogP contribution in [0.5, 0.6) is 0 Å². The smallest absolute Gasteiger partial charge is 0.239 e. The summed E-state index contributed by atoms with van der Waals surface area (Å²) in [5.74, 6) is 0.262. The van der Waals surface area contributed by atoms with Gasteiger partial charge >= 0.3 is 0 Å². The van der Waals surface area contributed by atoms with Gasteiger partial charge in [0.2, 0.25) is 5.91 Å². The topological polar surface area (TPSA) is 32.3 Å². The Morgan fingerprint density at radius 2 is 2.07 bits per heavy atom. The van der Waals surface area contributed by atoms with Crippen LogP contribution in [-0.2, 0) is 4.79 Å². The normalized spacial score (nSPS) is 26.9. The van der Waals surface area contributed by atoms with Gasteiger partial charge in [-0.15, -0.1) is 0 Å². The monoisotopic (exact) mass is 212 g/mol. The van der Waals surface area contributed by atoms with E-state index < -0.39 is 0 Å². The third-order valence-corrected chi connectivity index (χ3v) is 3.34. The molecule has 0 bridgehead atoms. The Bertz CT molecular complexity index is 236. The van der Waals surface area contributed by atoms with Gasteiger partial charge in [-0.3, -0.25) is 4.79 Å².